The Balaban J connectivity index is 1.71. The summed E-state index contributed by atoms with van der Waals surface area (Å²) in [7, 11) is 3.95. The number of hydrogen-bond donors (Lipinski definition) is 3. The summed E-state index contributed by atoms with van der Waals surface area (Å²) in [6.45, 7) is 1.95. The molecule has 1 amide bonds. The lowest BCUT2D eigenvalue weighted by molar-refractivity contribution is -0.120. The van der Waals surface area contributed by atoms with E-state index >= 15 is 0 Å². The number of phenolic OH excluding ortho intramolecular Hbond substituents is 1. The molecule has 0 atom stereocenters. The van der Waals surface area contributed by atoms with E-state index < -0.39 is 0 Å². The van der Waals surface area contributed by atoms with E-state index in [1.807, 2.05) is 42.6 Å². The Labute approximate surface area is 175 Å². The maximum atomic E-state index is 12.0. The summed E-state index contributed by atoms with van der Waals surface area (Å²) in [6.07, 6.45) is 0.374. The van der Waals surface area contributed by atoms with Crippen molar-refractivity contribution in [1.29, 1.82) is 0 Å². The highest BCUT2D eigenvalue weighted by Crippen LogP contribution is 2.30. The van der Waals surface area contributed by atoms with Crippen LogP contribution in [0.25, 0.3) is 22.4 Å². The van der Waals surface area contributed by atoms with Crippen LogP contribution in [0.3, 0.4) is 0 Å². The molecule has 0 saturated carbocycles. The van der Waals surface area contributed by atoms with Crippen LogP contribution in [0.2, 0.25) is 0 Å². The third kappa shape index (κ3) is 6.30. The lowest BCUT2D eigenvalue weighted by Gasteiger charge is -2.12. The van der Waals surface area contributed by atoms with E-state index in [9.17, 15) is 9.90 Å². The molecular formula is C22H26N4O2S. The molecule has 0 aliphatic heterocycles. The normalized spacial score (nSPS) is 10.9. The van der Waals surface area contributed by atoms with Gasteiger partial charge in [0.15, 0.2) is 0 Å². The van der Waals surface area contributed by atoms with Gasteiger partial charge in [-0.1, -0.05) is 12.1 Å². The highest BCUT2D eigenvalue weighted by atomic mass is 32.1. The molecule has 3 aromatic rings. The van der Waals surface area contributed by atoms with Crippen molar-refractivity contribution < 1.29 is 9.90 Å². The maximum Gasteiger partial charge on any atom is 0.221 e. The number of nitrogens with one attached hydrogen (secondary N) is 2. The van der Waals surface area contributed by atoms with Gasteiger partial charge in [0.2, 0.25) is 5.91 Å². The third-order valence-corrected chi connectivity index (χ3v) is 5.04. The van der Waals surface area contributed by atoms with E-state index in [1.165, 1.54) is 0 Å². The number of carbonyl (C=O) groups excluding carboxylic acids is 1. The zero-order valence-electron chi connectivity index (χ0n) is 16.7. The van der Waals surface area contributed by atoms with Gasteiger partial charge in [-0.15, -0.1) is 0 Å². The van der Waals surface area contributed by atoms with Gasteiger partial charge in [0.25, 0.3) is 0 Å². The van der Waals surface area contributed by atoms with Crippen molar-refractivity contribution in [3.63, 3.8) is 0 Å². The Kier molecular flexibility index (Phi) is 7.21. The Morgan fingerprint density at radius 3 is 2.69 bits per heavy atom. The number of nitrogens with zero attached hydrogens (tertiary/aromatic N) is 2. The topological polar surface area (TPSA) is 77.5 Å². The van der Waals surface area contributed by atoms with Crippen LogP contribution in [0.15, 0.2) is 53.2 Å². The zero-order chi connectivity index (χ0) is 20.6. The van der Waals surface area contributed by atoms with E-state index in [4.69, 9.17) is 0 Å². The second kappa shape index (κ2) is 10.0. The third-order valence-electron chi connectivity index (χ3n) is 4.36. The van der Waals surface area contributed by atoms with Gasteiger partial charge in [-0.3, -0.25) is 4.79 Å². The summed E-state index contributed by atoms with van der Waals surface area (Å²) in [5.41, 5.74) is 3.76. The predicted octanol–water partition coefficient (Wildman–Crippen LogP) is 3.66. The van der Waals surface area contributed by atoms with E-state index in [0.29, 0.717) is 25.3 Å². The van der Waals surface area contributed by atoms with E-state index in [-0.39, 0.29) is 11.7 Å². The molecule has 0 aliphatic carbocycles. The second-order valence-corrected chi connectivity index (χ2v) is 7.80. The highest BCUT2D eigenvalue weighted by Gasteiger charge is 2.09. The average molecular weight is 411 g/mol. The number of likely N-dealkylation sites (N-methyl/N-ethyl adjacent to an activating group) is 1. The van der Waals surface area contributed by atoms with Crippen LogP contribution in [0.1, 0.15) is 6.42 Å². The first-order chi connectivity index (χ1) is 14.0. The molecule has 7 heteroatoms. The number of rotatable bonds is 9. The van der Waals surface area contributed by atoms with Crippen LogP contribution in [0.4, 0.5) is 5.82 Å². The standard InChI is InChI=1S/C22H26N4O2S/c1-26(2)10-9-24-22(28)6-8-23-21-14-18(17-7-11-29-15-17)13-20(25-21)16-4-3-5-19(27)12-16/h3-5,7,11-15,27H,6,8-10H2,1-2H3,(H,23,25)(H,24,28). The molecule has 3 rings (SSSR count). The van der Waals surface area contributed by atoms with Crippen molar-refractivity contribution in [3.8, 4) is 28.1 Å². The van der Waals surface area contributed by atoms with Gasteiger partial charge in [0.05, 0.1) is 5.69 Å². The van der Waals surface area contributed by atoms with Crippen LogP contribution in [0, 0.1) is 0 Å². The Morgan fingerprint density at radius 1 is 1.10 bits per heavy atom. The Morgan fingerprint density at radius 2 is 1.97 bits per heavy atom. The molecule has 0 spiro atoms. The van der Waals surface area contributed by atoms with Crippen LogP contribution in [-0.2, 0) is 4.79 Å². The Hall–Kier alpha value is -2.90. The minimum absolute atomic E-state index is 0.0153. The lowest BCUT2D eigenvalue weighted by atomic mass is 10.1. The summed E-state index contributed by atoms with van der Waals surface area (Å²) in [4.78, 5) is 18.7. The fourth-order valence-corrected chi connectivity index (χ4v) is 3.51. The number of thiophene rings is 1. The number of pyridine rings is 1. The van der Waals surface area contributed by atoms with Crippen LogP contribution in [-0.4, -0.2) is 54.6 Å². The lowest BCUT2D eigenvalue weighted by Crippen LogP contribution is -2.32. The van der Waals surface area contributed by atoms with Crippen molar-refractivity contribution in [2.75, 3.05) is 39.0 Å². The number of amides is 1. The molecule has 0 radical (unpaired) electrons. The molecule has 0 saturated heterocycles. The first kappa shape index (κ1) is 20.8. The van der Waals surface area contributed by atoms with Crippen molar-refractivity contribution in [1.82, 2.24) is 15.2 Å². The minimum atomic E-state index is 0.0153. The molecule has 6 nitrogen and oxygen atoms in total. The summed E-state index contributed by atoms with van der Waals surface area (Å²) in [5, 5.41) is 20.1. The molecule has 1 aromatic carbocycles. The van der Waals surface area contributed by atoms with Crippen LogP contribution >= 0.6 is 11.3 Å². The Bertz CT molecular complexity index is 942. The van der Waals surface area contributed by atoms with Crippen LogP contribution < -0.4 is 10.6 Å². The SMILES string of the molecule is CN(C)CCNC(=O)CCNc1cc(-c2ccsc2)cc(-c2cccc(O)c2)n1. The summed E-state index contributed by atoms with van der Waals surface area (Å²) >= 11 is 1.64. The quantitative estimate of drug-likeness (QED) is 0.502. The van der Waals surface area contributed by atoms with Crippen molar-refractivity contribution >= 4 is 23.1 Å². The van der Waals surface area contributed by atoms with Gasteiger partial charge in [-0.2, -0.15) is 11.3 Å². The van der Waals surface area contributed by atoms with E-state index in [0.717, 1.165) is 28.9 Å². The van der Waals surface area contributed by atoms with E-state index in [1.54, 1.807) is 29.5 Å². The molecule has 2 aromatic heterocycles. The molecule has 0 aliphatic rings. The highest BCUT2D eigenvalue weighted by molar-refractivity contribution is 7.08. The first-order valence-electron chi connectivity index (χ1n) is 9.50. The number of anilines is 1. The first-order valence-corrected chi connectivity index (χ1v) is 10.4. The van der Waals surface area contributed by atoms with Gasteiger partial charge in [0, 0.05) is 31.6 Å². The molecule has 3 N–H and O–H groups in total. The van der Waals surface area contributed by atoms with Gasteiger partial charge < -0.3 is 20.6 Å². The van der Waals surface area contributed by atoms with E-state index in [2.05, 4.69) is 27.1 Å². The summed E-state index contributed by atoms with van der Waals surface area (Å²) < 4.78 is 0. The fourth-order valence-electron chi connectivity index (χ4n) is 2.84. The largest absolute Gasteiger partial charge is 0.508 e. The predicted molar refractivity (Wildman–Crippen MR) is 119 cm³/mol. The van der Waals surface area contributed by atoms with Gasteiger partial charge >= 0.3 is 0 Å². The molecule has 152 valence electrons. The summed E-state index contributed by atoms with van der Waals surface area (Å²) in [5.74, 6) is 0.920. The molecule has 2 heterocycles. The zero-order valence-corrected chi connectivity index (χ0v) is 17.5. The molecule has 0 bridgehead atoms. The van der Waals surface area contributed by atoms with Crippen LogP contribution in [0.5, 0.6) is 5.75 Å². The number of carbonyl (C=O) groups is 1. The van der Waals surface area contributed by atoms with Crippen molar-refractivity contribution in [2.24, 2.45) is 0 Å². The molecule has 0 fully saturated rings. The minimum Gasteiger partial charge on any atom is -0.508 e. The van der Waals surface area contributed by atoms with Crippen molar-refractivity contribution in [3.05, 3.63) is 53.2 Å². The molecule has 0 unspecified atom stereocenters. The number of hydrogen-bond acceptors (Lipinski definition) is 6. The maximum absolute atomic E-state index is 12.0. The number of aromatic hydroxyl groups is 1. The second-order valence-electron chi connectivity index (χ2n) is 7.02. The fraction of sp³-hybridized carbons (Fsp3) is 0.273. The van der Waals surface area contributed by atoms with Gasteiger partial charge in [0.1, 0.15) is 11.6 Å². The number of aromatic nitrogens is 1. The monoisotopic (exact) mass is 410 g/mol. The van der Waals surface area contributed by atoms with Crippen molar-refractivity contribution in [2.45, 2.75) is 6.42 Å². The average Bonchev–Trinajstić information content (AvgIpc) is 3.22. The number of benzene rings is 1. The smallest absolute Gasteiger partial charge is 0.221 e. The molecular weight excluding hydrogens is 384 g/mol. The number of phenols is 1. The molecule has 29 heavy (non-hydrogen) atoms. The van der Waals surface area contributed by atoms with Gasteiger partial charge in [-0.05, 0) is 66.3 Å². The van der Waals surface area contributed by atoms with Gasteiger partial charge in [-0.25, -0.2) is 4.98 Å². The summed E-state index contributed by atoms with van der Waals surface area (Å²) in [6, 6.07) is 13.1.